The average Bonchev–Trinajstić information content (AvgIpc) is 2.74. The van der Waals surface area contributed by atoms with E-state index in [9.17, 15) is 13.2 Å². The molecule has 2 aromatic carbocycles. The molecule has 0 spiro atoms. The van der Waals surface area contributed by atoms with Crippen molar-refractivity contribution in [1.82, 2.24) is 10.3 Å². The van der Waals surface area contributed by atoms with E-state index in [2.05, 4.69) is 15.0 Å². The second-order valence-electron chi connectivity index (χ2n) is 7.25. The van der Waals surface area contributed by atoms with Crippen LogP contribution in [-0.4, -0.2) is 25.9 Å². The van der Waals surface area contributed by atoms with Gasteiger partial charge in [0, 0.05) is 24.6 Å². The first-order valence-electron chi connectivity index (χ1n) is 9.74. The number of aromatic nitrogens is 1. The molecule has 1 aromatic heterocycles. The summed E-state index contributed by atoms with van der Waals surface area (Å²) in [6.45, 7) is 5.84. The Kier molecular flexibility index (Phi) is 6.91. The number of ether oxygens (including phenoxy) is 1. The van der Waals surface area contributed by atoms with Crippen molar-refractivity contribution in [1.29, 1.82) is 0 Å². The number of nitrogens with one attached hydrogen (secondary N) is 2. The lowest BCUT2D eigenvalue weighted by Gasteiger charge is -2.13. The molecule has 0 unspecified atom stereocenters. The Labute approximate surface area is 182 Å². The summed E-state index contributed by atoms with van der Waals surface area (Å²) < 4.78 is 33.6. The summed E-state index contributed by atoms with van der Waals surface area (Å²) in [4.78, 5) is 16.1. The minimum absolute atomic E-state index is 0.123. The first kappa shape index (κ1) is 22.3. The second kappa shape index (κ2) is 9.61. The first-order valence-corrected chi connectivity index (χ1v) is 11.2. The summed E-state index contributed by atoms with van der Waals surface area (Å²) >= 11 is 0. The molecule has 162 valence electrons. The Bertz CT molecular complexity index is 1180. The van der Waals surface area contributed by atoms with Gasteiger partial charge >= 0.3 is 0 Å². The molecule has 0 aliphatic carbocycles. The minimum atomic E-state index is -3.74. The van der Waals surface area contributed by atoms with Crippen LogP contribution in [0.2, 0.25) is 0 Å². The lowest BCUT2D eigenvalue weighted by molar-refractivity contribution is -0.123. The molecular formula is C23H25N3O4S. The van der Waals surface area contributed by atoms with Crippen molar-refractivity contribution in [2.75, 3.05) is 11.3 Å². The molecule has 0 aliphatic heterocycles. The average molecular weight is 440 g/mol. The molecule has 0 bridgehead atoms. The number of anilines is 1. The fraction of sp³-hybridized carbons (Fsp3) is 0.217. The van der Waals surface area contributed by atoms with Gasteiger partial charge in [-0.15, -0.1) is 0 Å². The van der Waals surface area contributed by atoms with Crippen LogP contribution in [0.5, 0.6) is 5.75 Å². The number of hydrogen-bond acceptors (Lipinski definition) is 5. The molecule has 0 aliphatic rings. The Morgan fingerprint density at radius 3 is 2.35 bits per heavy atom. The van der Waals surface area contributed by atoms with E-state index in [1.54, 1.807) is 37.5 Å². The maximum atomic E-state index is 12.7. The lowest BCUT2D eigenvalue weighted by atomic mass is 10.1. The van der Waals surface area contributed by atoms with Gasteiger partial charge in [0.05, 0.1) is 4.90 Å². The van der Waals surface area contributed by atoms with Crippen LogP contribution in [0.3, 0.4) is 0 Å². The van der Waals surface area contributed by atoms with Crippen LogP contribution < -0.4 is 14.8 Å². The smallest absolute Gasteiger partial charge is 0.261 e. The molecular weight excluding hydrogens is 414 g/mol. The third-order valence-electron chi connectivity index (χ3n) is 4.81. The molecule has 3 aromatic rings. The molecule has 7 nitrogen and oxygen atoms in total. The van der Waals surface area contributed by atoms with Gasteiger partial charge in [-0.05, 0) is 85.5 Å². The predicted octanol–water partition coefficient (Wildman–Crippen LogP) is 3.50. The van der Waals surface area contributed by atoms with Crippen molar-refractivity contribution in [3.8, 4) is 5.75 Å². The maximum Gasteiger partial charge on any atom is 0.261 e. The van der Waals surface area contributed by atoms with Gasteiger partial charge < -0.3 is 10.1 Å². The fourth-order valence-electron chi connectivity index (χ4n) is 2.87. The van der Waals surface area contributed by atoms with Gasteiger partial charge in [-0.2, -0.15) is 0 Å². The Balaban J connectivity index is 1.61. The van der Waals surface area contributed by atoms with Gasteiger partial charge in [-0.25, -0.2) is 8.42 Å². The van der Waals surface area contributed by atoms with E-state index in [4.69, 9.17) is 4.74 Å². The van der Waals surface area contributed by atoms with Crippen LogP contribution in [0.15, 0.2) is 65.8 Å². The third-order valence-corrected chi connectivity index (χ3v) is 6.19. The largest absolute Gasteiger partial charge is 0.484 e. The molecule has 1 amide bonds. The van der Waals surface area contributed by atoms with Crippen molar-refractivity contribution in [3.05, 3.63) is 83.2 Å². The summed E-state index contributed by atoms with van der Waals surface area (Å²) in [7, 11) is -3.74. The molecule has 0 atom stereocenters. The first-order chi connectivity index (χ1) is 14.7. The molecule has 2 N–H and O–H groups in total. The van der Waals surface area contributed by atoms with Crippen LogP contribution in [0.1, 0.15) is 22.3 Å². The normalized spacial score (nSPS) is 11.1. The van der Waals surface area contributed by atoms with Crippen molar-refractivity contribution in [2.45, 2.75) is 32.2 Å². The number of amides is 1. The fourth-order valence-corrected chi connectivity index (χ4v) is 4.00. The number of carbonyl (C=O) groups excluding carboxylic acids is 1. The zero-order valence-corrected chi connectivity index (χ0v) is 18.5. The number of nitrogens with zero attached hydrogens (tertiary/aromatic N) is 1. The summed E-state index contributed by atoms with van der Waals surface area (Å²) in [6, 6.07) is 13.6. The highest BCUT2D eigenvalue weighted by molar-refractivity contribution is 7.92. The Hall–Kier alpha value is -3.39. The zero-order chi connectivity index (χ0) is 22.4. The minimum Gasteiger partial charge on any atom is -0.484 e. The standard InChI is InChI=1S/C23H25N3O4S/c1-16-4-5-20(12-17(16)2)26-31(28,29)21-6-7-22(18(3)13-21)30-15-23(27)25-14-19-8-10-24-11-9-19/h4-13,26H,14-15H2,1-3H3,(H,25,27). The Morgan fingerprint density at radius 1 is 0.935 bits per heavy atom. The van der Waals surface area contributed by atoms with E-state index in [-0.39, 0.29) is 17.4 Å². The number of benzene rings is 2. The van der Waals surface area contributed by atoms with E-state index in [1.165, 1.54) is 12.1 Å². The van der Waals surface area contributed by atoms with E-state index >= 15 is 0 Å². The van der Waals surface area contributed by atoms with E-state index in [0.29, 0.717) is 23.5 Å². The van der Waals surface area contributed by atoms with Crippen LogP contribution in [0, 0.1) is 20.8 Å². The molecule has 0 saturated carbocycles. The predicted molar refractivity (Wildman–Crippen MR) is 119 cm³/mol. The van der Waals surface area contributed by atoms with Gasteiger partial charge in [-0.1, -0.05) is 6.07 Å². The number of aryl methyl sites for hydroxylation is 3. The van der Waals surface area contributed by atoms with Crippen LogP contribution in [0.4, 0.5) is 5.69 Å². The number of sulfonamides is 1. The van der Waals surface area contributed by atoms with Gasteiger partial charge in [0.25, 0.3) is 15.9 Å². The number of carbonyl (C=O) groups is 1. The molecule has 3 rings (SSSR count). The Morgan fingerprint density at radius 2 is 1.68 bits per heavy atom. The van der Waals surface area contributed by atoms with E-state index in [1.807, 2.05) is 32.0 Å². The highest BCUT2D eigenvalue weighted by Crippen LogP contribution is 2.24. The van der Waals surface area contributed by atoms with E-state index < -0.39 is 10.0 Å². The van der Waals surface area contributed by atoms with E-state index in [0.717, 1.165) is 16.7 Å². The number of hydrogen-bond donors (Lipinski definition) is 2. The molecule has 1 heterocycles. The molecule has 8 heteroatoms. The molecule has 0 radical (unpaired) electrons. The highest BCUT2D eigenvalue weighted by Gasteiger charge is 2.16. The van der Waals surface area contributed by atoms with Crippen molar-refractivity contribution < 1.29 is 17.9 Å². The second-order valence-corrected chi connectivity index (χ2v) is 8.94. The quantitative estimate of drug-likeness (QED) is 0.560. The van der Waals surface area contributed by atoms with Crippen molar-refractivity contribution >= 4 is 21.6 Å². The van der Waals surface area contributed by atoms with Crippen molar-refractivity contribution in [3.63, 3.8) is 0 Å². The highest BCUT2D eigenvalue weighted by atomic mass is 32.2. The summed E-state index contributed by atoms with van der Waals surface area (Å²) in [5.74, 6) is 0.175. The summed E-state index contributed by atoms with van der Waals surface area (Å²) in [5, 5.41) is 2.76. The van der Waals surface area contributed by atoms with Crippen LogP contribution >= 0.6 is 0 Å². The van der Waals surface area contributed by atoms with Gasteiger partial charge in [0.15, 0.2) is 6.61 Å². The molecule has 0 fully saturated rings. The molecule has 0 saturated heterocycles. The molecule has 31 heavy (non-hydrogen) atoms. The number of pyridine rings is 1. The monoisotopic (exact) mass is 439 g/mol. The maximum absolute atomic E-state index is 12.7. The SMILES string of the molecule is Cc1ccc(NS(=O)(=O)c2ccc(OCC(=O)NCc3ccncc3)c(C)c2)cc1C. The van der Waals surface area contributed by atoms with Crippen LogP contribution in [0.25, 0.3) is 0 Å². The number of rotatable bonds is 8. The summed E-state index contributed by atoms with van der Waals surface area (Å²) in [5.41, 5.74) is 4.15. The van der Waals surface area contributed by atoms with Gasteiger partial charge in [-0.3, -0.25) is 14.5 Å². The topological polar surface area (TPSA) is 97.4 Å². The zero-order valence-electron chi connectivity index (χ0n) is 17.7. The lowest BCUT2D eigenvalue weighted by Crippen LogP contribution is -2.28. The van der Waals surface area contributed by atoms with Gasteiger partial charge in [0.1, 0.15) is 5.75 Å². The van der Waals surface area contributed by atoms with Crippen molar-refractivity contribution in [2.24, 2.45) is 0 Å². The van der Waals surface area contributed by atoms with Gasteiger partial charge in [0.2, 0.25) is 0 Å². The van der Waals surface area contributed by atoms with Crippen LogP contribution in [-0.2, 0) is 21.4 Å². The third kappa shape index (κ3) is 6.05. The summed E-state index contributed by atoms with van der Waals surface area (Å²) in [6.07, 6.45) is 3.32.